The van der Waals surface area contributed by atoms with Gasteiger partial charge in [0.2, 0.25) is 11.8 Å². The largest absolute Gasteiger partial charge is 0.483 e. The second-order valence-corrected chi connectivity index (χ2v) is 7.85. The first kappa shape index (κ1) is 22.2. The summed E-state index contributed by atoms with van der Waals surface area (Å²) in [5.74, 6) is -1.45. The summed E-state index contributed by atoms with van der Waals surface area (Å²) in [5, 5.41) is 5.03. The van der Waals surface area contributed by atoms with Crippen LogP contribution < -0.4 is 21.1 Å². The topological polar surface area (TPSA) is 131 Å². The smallest absolute Gasteiger partial charge is 0.263 e. The van der Waals surface area contributed by atoms with Gasteiger partial charge in [0.25, 0.3) is 11.8 Å². The molecule has 1 fully saturated rings. The van der Waals surface area contributed by atoms with Gasteiger partial charge in [-0.1, -0.05) is 43.0 Å². The molecular weight excluding hydrogens is 424 g/mol. The van der Waals surface area contributed by atoms with Crippen molar-refractivity contribution in [3.05, 3.63) is 71.3 Å². The van der Waals surface area contributed by atoms with Crippen LogP contribution in [0.15, 0.2) is 49.0 Å². The van der Waals surface area contributed by atoms with Gasteiger partial charge in [0, 0.05) is 30.8 Å². The standard InChI is InChI=1S/C24H24N4O5/c1-14-17-3-2-4-19(22(17)24(32)28(14)18-9-10-20(29)27-23(18)31)33-13-21(30)26-12-16-7-5-15(11-25)6-8-16/h2-8,18H,1,9-13,25H2,(H,26,30)(H,27,29,31). The zero-order valence-corrected chi connectivity index (χ0v) is 17.9. The van der Waals surface area contributed by atoms with E-state index in [0.29, 0.717) is 24.4 Å². The van der Waals surface area contributed by atoms with Crippen LogP contribution >= 0.6 is 0 Å². The summed E-state index contributed by atoms with van der Waals surface area (Å²) < 4.78 is 5.66. The van der Waals surface area contributed by atoms with Crippen molar-refractivity contribution in [2.45, 2.75) is 32.0 Å². The molecule has 9 heteroatoms. The number of ether oxygens (including phenoxy) is 1. The summed E-state index contributed by atoms with van der Waals surface area (Å²) >= 11 is 0. The molecule has 4 rings (SSSR count). The first-order chi connectivity index (χ1) is 15.9. The van der Waals surface area contributed by atoms with E-state index < -0.39 is 17.9 Å². The Balaban J connectivity index is 1.41. The number of amides is 4. The lowest BCUT2D eigenvalue weighted by Crippen LogP contribution is -2.52. The van der Waals surface area contributed by atoms with Crippen LogP contribution in [0.4, 0.5) is 0 Å². The van der Waals surface area contributed by atoms with Crippen LogP contribution in [0.5, 0.6) is 5.75 Å². The third kappa shape index (κ3) is 4.49. The molecule has 9 nitrogen and oxygen atoms in total. The van der Waals surface area contributed by atoms with E-state index in [-0.39, 0.29) is 42.6 Å². The third-order valence-corrected chi connectivity index (χ3v) is 5.69. The Morgan fingerprint density at radius 2 is 1.88 bits per heavy atom. The number of nitrogens with zero attached hydrogens (tertiary/aromatic N) is 1. The van der Waals surface area contributed by atoms with Crippen molar-refractivity contribution in [2.24, 2.45) is 5.73 Å². The molecule has 0 spiro atoms. The number of hydrogen-bond donors (Lipinski definition) is 3. The van der Waals surface area contributed by atoms with Crippen LogP contribution in [0, 0.1) is 0 Å². The lowest BCUT2D eigenvalue weighted by molar-refractivity contribution is -0.136. The molecule has 2 heterocycles. The van der Waals surface area contributed by atoms with Gasteiger partial charge in [0.15, 0.2) is 6.61 Å². The molecule has 4 amide bonds. The summed E-state index contributed by atoms with van der Waals surface area (Å²) in [6.07, 6.45) is 0.358. The number of rotatable bonds is 7. The van der Waals surface area contributed by atoms with Gasteiger partial charge in [-0.3, -0.25) is 29.4 Å². The van der Waals surface area contributed by atoms with Crippen LogP contribution in [0.25, 0.3) is 5.70 Å². The van der Waals surface area contributed by atoms with Crippen molar-refractivity contribution < 1.29 is 23.9 Å². The number of nitrogens with one attached hydrogen (secondary N) is 2. The summed E-state index contributed by atoms with van der Waals surface area (Å²) in [5.41, 5.74) is 8.65. The maximum atomic E-state index is 13.2. The fourth-order valence-electron chi connectivity index (χ4n) is 3.93. The van der Waals surface area contributed by atoms with Crippen molar-refractivity contribution >= 4 is 29.3 Å². The van der Waals surface area contributed by atoms with Crippen molar-refractivity contribution in [3.63, 3.8) is 0 Å². The Bertz CT molecular complexity index is 1140. The SMILES string of the molecule is C=C1c2cccc(OCC(=O)NCc3ccc(CN)cc3)c2C(=O)N1C1CCC(=O)NC1=O. The number of piperidine rings is 1. The quantitative estimate of drug-likeness (QED) is 0.543. The lowest BCUT2D eigenvalue weighted by atomic mass is 10.0. The Labute approximate surface area is 190 Å². The second kappa shape index (κ2) is 9.25. The molecule has 0 aromatic heterocycles. The molecule has 1 atom stereocenters. The van der Waals surface area contributed by atoms with Crippen molar-refractivity contribution in [3.8, 4) is 5.75 Å². The molecular formula is C24H24N4O5. The zero-order valence-electron chi connectivity index (χ0n) is 17.9. The maximum Gasteiger partial charge on any atom is 0.263 e. The monoisotopic (exact) mass is 448 g/mol. The molecule has 0 saturated carbocycles. The maximum absolute atomic E-state index is 13.2. The number of carbonyl (C=O) groups is 4. The Morgan fingerprint density at radius 3 is 2.58 bits per heavy atom. The molecule has 1 unspecified atom stereocenters. The highest BCUT2D eigenvalue weighted by Gasteiger charge is 2.42. The van der Waals surface area contributed by atoms with Crippen molar-refractivity contribution in [1.29, 1.82) is 0 Å². The summed E-state index contributed by atoms with van der Waals surface area (Å²) in [4.78, 5) is 50.5. The highest BCUT2D eigenvalue weighted by atomic mass is 16.5. The molecule has 2 aliphatic heterocycles. The first-order valence-electron chi connectivity index (χ1n) is 10.6. The van der Waals surface area contributed by atoms with Gasteiger partial charge in [0.1, 0.15) is 11.8 Å². The lowest BCUT2D eigenvalue weighted by Gasteiger charge is -2.30. The van der Waals surface area contributed by atoms with E-state index in [0.717, 1.165) is 11.1 Å². The molecule has 2 aromatic carbocycles. The third-order valence-electron chi connectivity index (χ3n) is 5.69. The minimum absolute atomic E-state index is 0.141. The molecule has 0 aliphatic carbocycles. The van der Waals surface area contributed by atoms with Gasteiger partial charge in [-0.15, -0.1) is 0 Å². The fraction of sp³-hybridized carbons (Fsp3) is 0.250. The number of imide groups is 1. The van der Waals surface area contributed by atoms with Crippen molar-refractivity contribution in [2.75, 3.05) is 6.61 Å². The first-order valence-corrected chi connectivity index (χ1v) is 10.6. The van der Waals surface area contributed by atoms with Gasteiger partial charge >= 0.3 is 0 Å². The number of carbonyl (C=O) groups excluding carboxylic acids is 4. The predicted molar refractivity (Wildman–Crippen MR) is 119 cm³/mol. The molecule has 0 bridgehead atoms. The number of fused-ring (bicyclic) bond motifs is 1. The van der Waals surface area contributed by atoms with E-state index in [4.69, 9.17) is 10.5 Å². The van der Waals surface area contributed by atoms with Crippen LogP contribution in [0.3, 0.4) is 0 Å². The Kier molecular flexibility index (Phi) is 6.23. The Hall–Kier alpha value is -3.98. The average Bonchev–Trinajstić information content (AvgIpc) is 3.07. The molecule has 2 aliphatic rings. The molecule has 33 heavy (non-hydrogen) atoms. The van der Waals surface area contributed by atoms with Gasteiger partial charge in [-0.05, 0) is 23.6 Å². The predicted octanol–water partition coefficient (Wildman–Crippen LogP) is 1.07. The minimum Gasteiger partial charge on any atom is -0.483 e. The number of nitrogens with two attached hydrogens (primary N) is 1. The average molecular weight is 448 g/mol. The van der Waals surface area contributed by atoms with Gasteiger partial charge in [0.05, 0.1) is 5.56 Å². The molecule has 1 saturated heterocycles. The van der Waals surface area contributed by atoms with Gasteiger partial charge < -0.3 is 15.8 Å². The van der Waals surface area contributed by atoms with E-state index in [1.54, 1.807) is 18.2 Å². The van der Waals surface area contributed by atoms with Crippen LogP contribution in [-0.2, 0) is 27.5 Å². The van der Waals surface area contributed by atoms with E-state index in [9.17, 15) is 19.2 Å². The minimum atomic E-state index is -0.822. The normalized spacial score (nSPS) is 17.6. The zero-order chi connectivity index (χ0) is 23.5. The van der Waals surface area contributed by atoms with Gasteiger partial charge in [-0.2, -0.15) is 0 Å². The second-order valence-electron chi connectivity index (χ2n) is 7.85. The molecule has 0 radical (unpaired) electrons. The number of benzene rings is 2. The summed E-state index contributed by atoms with van der Waals surface area (Å²) in [7, 11) is 0. The number of hydrogen-bond acceptors (Lipinski definition) is 6. The highest BCUT2D eigenvalue weighted by Crippen LogP contribution is 2.39. The molecule has 170 valence electrons. The molecule has 4 N–H and O–H groups in total. The summed E-state index contributed by atoms with van der Waals surface area (Å²) in [6.45, 7) is 4.47. The fourth-order valence-corrected chi connectivity index (χ4v) is 3.93. The van der Waals surface area contributed by atoms with Crippen molar-refractivity contribution in [1.82, 2.24) is 15.5 Å². The van der Waals surface area contributed by atoms with E-state index in [1.165, 1.54) is 4.90 Å². The van der Waals surface area contributed by atoms with E-state index in [1.807, 2.05) is 24.3 Å². The molecule has 2 aromatic rings. The van der Waals surface area contributed by atoms with E-state index >= 15 is 0 Å². The van der Waals surface area contributed by atoms with Crippen LogP contribution in [0.1, 0.15) is 39.9 Å². The Morgan fingerprint density at radius 1 is 1.15 bits per heavy atom. The van der Waals surface area contributed by atoms with E-state index in [2.05, 4.69) is 17.2 Å². The highest BCUT2D eigenvalue weighted by molar-refractivity contribution is 6.14. The summed E-state index contributed by atoms with van der Waals surface area (Å²) in [6, 6.07) is 11.8. The van der Waals surface area contributed by atoms with Crippen LogP contribution in [-0.4, -0.2) is 41.2 Å². The van der Waals surface area contributed by atoms with Gasteiger partial charge in [-0.25, -0.2) is 0 Å². The van der Waals surface area contributed by atoms with Crippen LogP contribution in [0.2, 0.25) is 0 Å².